The molecular formula is C6H11N3O2. The smallest absolute Gasteiger partial charge is 0.315 e. The lowest BCUT2D eigenvalue weighted by molar-refractivity contribution is -0.121. The van der Waals surface area contributed by atoms with Crippen LogP contribution in [0.25, 0.3) is 0 Å². The number of likely N-dealkylation sites (tertiary alicyclic amines) is 1. The van der Waals surface area contributed by atoms with E-state index in [2.05, 4.69) is 0 Å². The fourth-order valence-corrected chi connectivity index (χ4v) is 1.33. The third-order valence-corrected chi connectivity index (χ3v) is 1.86. The van der Waals surface area contributed by atoms with Crippen LogP contribution in [0.1, 0.15) is 12.8 Å². The van der Waals surface area contributed by atoms with Gasteiger partial charge in [0.25, 0.3) is 0 Å². The summed E-state index contributed by atoms with van der Waals surface area (Å²) in [6.07, 6.45) is 1.44. The van der Waals surface area contributed by atoms with Crippen molar-refractivity contribution in [2.75, 3.05) is 6.54 Å². The maximum absolute atomic E-state index is 10.7. The molecule has 0 saturated carbocycles. The van der Waals surface area contributed by atoms with Crippen molar-refractivity contribution in [3.63, 3.8) is 0 Å². The summed E-state index contributed by atoms with van der Waals surface area (Å²) in [4.78, 5) is 22.7. The summed E-state index contributed by atoms with van der Waals surface area (Å²) < 4.78 is 0. The summed E-state index contributed by atoms with van der Waals surface area (Å²) >= 11 is 0. The predicted molar refractivity (Wildman–Crippen MR) is 38.5 cm³/mol. The van der Waals surface area contributed by atoms with Crippen LogP contribution in [-0.4, -0.2) is 29.4 Å². The monoisotopic (exact) mass is 157 g/mol. The van der Waals surface area contributed by atoms with E-state index in [-0.39, 0.29) is 0 Å². The molecule has 4 N–H and O–H groups in total. The van der Waals surface area contributed by atoms with Gasteiger partial charge in [-0.05, 0) is 12.8 Å². The third kappa shape index (κ3) is 1.42. The Labute approximate surface area is 64.3 Å². The van der Waals surface area contributed by atoms with Crippen LogP contribution in [0.2, 0.25) is 0 Å². The second kappa shape index (κ2) is 2.77. The van der Waals surface area contributed by atoms with E-state index in [1.54, 1.807) is 0 Å². The summed E-state index contributed by atoms with van der Waals surface area (Å²) in [5, 5.41) is 0. The van der Waals surface area contributed by atoms with Crippen LogP contribution in [0.5, 0.6) is 0 Å². The Hall–Kier alpha value is -1.26. The normalized spacial score (nSPS) is 23.6. The number of urea groups is 1. The summed E-state index contributed by atoms with van der Waals surface area (Å²) in [6, 6.07) is -1.04. The van der Waals surface area contributed by atoms with Crippen LogP contribution in [0.4, 0.5) is 4.79 Å². The first-order chi connectivity index (χ1) is 5.13. The Morgan fingerprint density at radius 2 is 2.00 bits per heavy atom. The van der Waals surface area contributed by atoms with E-state index in [9.17, 15) is 9.59 Å². The Morgan fingerprint density at radius 3 is 2.36 bits per heavy atom. The predicted octanol–water partition coefficient (Wildman–Crippen LogP) is -0.985. The lowest BCUT2D eigenvalue weighted by atomic mass is 10.2. The lowest BCUT2D eigenvalue weighted by Gasteiger charge is -2.18. The molecule has 0 bridgehead atoms. The van der Waals surface area contributed by atoms with Gasteiger partial charge in [0.2, 0.25) is 5.91 Å². The van der Waals surface area contributed by atoms with Gasteiger partial charge < -0.3 is 16.4 Å². The Kier molecular flexibility index (Phi) is 1.98. The zero-order valence-electron chi connectivity index (χ0n) is 6.12. The minimum Gasteiger partial charge on any atom is -0.368 e. The topological polar surface area (TPSA) is 89.4 Å². The highest BCUT2D eigenvalue weighted by molar-refractivity contribution is 5.85. The molecule has 62 valence electrons. The van der Waals surface area contributed by atoms with Crippen molar-refractivity contribution in [1.82, 2.24) is 4.90 Å². The fourth-order valence-electron chi connectivity index (χ4n) is 1.33. The van der Waals surface area contributed by atoms with Gasteiger partial charge in [0.15, 0.2) is 0 Å². The number of hydrogen-bond acceptors (Lipinski definition) is 2. The number of nitrogens with zero attached hydrogens (tertiary/aromatic N) is 1. The largest absolute Gasteiger partial charge is 0.368 e. The van der Waals surface area contributed by atoms with Gasteiger partial charge in [0.1, 0.15) is 6.04 Å². The van der Waals surface area contributed by atoms with Gasteiger partial charge >= 0.3 is 6.03 Å². The fraction of sp³-hybridized carbons (Fsp3) is 0.667. The van der Waals surface area contributed by atoms with E-state index in [1.165, 1.54) is 4.90 Å². The van der Waals surface area contributed by atoms with Gasteiger partial charge in [-0.15, -0.1) is 0 Å². The quantitative estimate of drug-likeness (QED) is 0.512. The summed E-state index contributed by atoms with van der Waals surface area (Å²) in [6.45, 7) is 0.545. The number of carbonyl (C=O) groups excluding carboxylic acids is 2. The second-order valence-electron chi connectivity index (χ2n) is 2.59. The first kappa shape index (κ1) is 7.84. The van der Waals surface area contributed by atoms with E-state index < -0.39 is 18.0 Å². The van der Waals surface area contributed by atoms with Gasteiger partial charge in [-0.3, -0.25) is 4.79 Å². The molecule has 0 spiro atoms. The Morgan fingerprint density at radius 1 is 1.36 bits per heavy atom. The number of hydrogen-bond donors (Lipinski definition) is 2. The molecule has 1 fully saturated rings. The standard InChI is InChI=1S/C6H11N3O2/c7-5(10)4-2-1-3-9(4)6(8)11/h4H,1-3H2,(H2,7,10)(H2,8,11)/t4-/m1/s1. The zero-order valence-corrected chi connectivity index (χ0v) is 6.12. The molecule has 0 radical (unpaired) electrons. The number of carbonyl (C=O) groups is 2. The van der Waals surface area contributed by atoms with Gasteiger partial charge in [-0.25, -0.2) is 4.79 Å². The van der Waals surface area contributed by atoms with Crippen LogP contribution < -0.4 is 11.5 Å². The van der Waals surface area contributed by atoms with E-state index in [0.717, 1.165) is 6.42 Å². The lowest BCUT2D eigenvalue weighted by Crippen LogP contribution is -2.46. The summed E-state index contributed by atoms with van der Waals surface area (Å²) in [5.41, 5.74) is 10.0. The first-order valence-electron chi connectivity index (χ1n) is 3.48. The van der Waals surface area contributed by atoms with Gasteiger partial charge in [-0.2, -0.15) is 0 Å². The molecule has 1 aliphatic heterocycles. The maximum Gasteiger partial charge on any atom is 0.315 e. The van der Waals surface area contributed by atoms with Crippen LogP contribution in [0.15, 0.2) is 0 Å². The molecule has 0 aliphatic carbocycles. The summed E-state index contributed by atoms with van der Waals surface area (Å²) in [7, 11) is 0. The average molecular weight is 157 g/mol. The Bertz CT molecular complexity index is 172. The number of primary amides is 2. The zero-order chi connectivity index (χ0) is 8.43. The van der Waals surface area contributed by atoms with Crippen molar-refractivity contribution in [2.24, 2.45) is 11.5 Å². The molecule has 1 atom stereocenters. The third-order valence-electron chi connectivity index (χ3n) is 1.86. The molecule has 0 unspecified atom stereocenters. The second-order valence-corrected chi connectivity index (χ2v) is 2.59. The molecule has 0 aromatic heterocycles. The van der Waals surface area contributed by atoms with Crippen LogP contribution in [0.3, 0.4) is 0 Å². The highest BCUT2D eigenvalue weighted by atomic mass is 16.2. The van der Waals surface area contributed by atoms with Crippen molar-refractivity contribution in [3.8, 4) is 0 Å². The number of nitrogens with two attached hydrogens (primary N) is 2. The molecule has 1 rings (SSSR count). The van der Waals surface area contributed by atoms with E-state index >= 15 is 0 Å². The molecule has 3 amide bonds. The molecule has 0 aromatic carbocycles. The highest BCUT2D eigenvalue weighted by Crippen LogP contribution is 2.15. The molecule has 1 aliphatic rings. The van der Waals surface area contributed by atoms with Crippen molar-refractivity contribution in [3.05, 3.63) is 0 Å². The number of amides is 3. The van der Waals surface area contributed by atoms with Crippen molar-refractivity contribution in [1.29, 1.82) is 0 Å². The maximum atomic E-state index is 10.7. The van der Waals surface area contributed by atoms with Crippen LogP contribution in [-0.2, 0) is 4.79 Å². The summed E-state index contributed by atoms with van der Waals surface area (Å²) in [5.74, 6) is -0.471. The SMILES string of the molecule is NC(=O)[C@H]1CCCN1C(N)=O. The molecule has 11 heavy (non-hydrogen) atoms. The molecule has 0 aromatic rings. The van der Waals surface area contributed by atoms with Crippen molar-refractivity contribution in [2.45, 2.75) is 18.9 Å². The van der Waals surface area contributed by atoms with Crippen molar-refractivity contribution < 1.29 is 9.59 Å². The van der Waals surface area contributed by atoms with Gasteiger partial charge in [0.05, 0.1) is 0 Å². The minimum atomic E-state index is -0.564. The molecule has 5 nitrogen and oxygen atoms in total. The van der Waals surface area contributed by atoms with Gasteiger partial charge in [0, 0.05) is 6.54 Å². The molecular weight excluding hydrogens is 146 g/mol. The first-order valence-corrected chi connectivity index (χ1v) is 3.48. The minimum absolute atomic E-state index is 0.471. The Balaban J connectivity index is 2.65. The molecule has 1 heterocycles. The van der Waals surface area contributed by atoms with Crippen molar-refractivity contribution >= 4 is 11.9 Å². The average Bonchev–Trinajstić information content (AvgIpc) is 2.32. The van der Waals surface area contributed by atoms with Crippen LogP contribution in [0, 0.1) is 0 Å². The highest BCUT2D eigenvalue weighted by Gasteiger charge is 2.30. The van der Waals surface area contributed by atoms with Gasteiger partial charge in [-0.1, -0.05) is 0 Å². The van der Waals surface area contributed by atoms with E-state index in [0.29, 0.717) is 13.0 Å². The molecule has 5 heteroatoms. The van der Waals surface area contributed by atoms with E-state index in [4.69, 9.17) is 11.5 Å². The van der Waals surface area contributed by atoms with Crippen LogP contribution >= 0.6 is 0 Å². The van der Waals surface area contributed by atoms with E-state index in [1.807, 2.05) is 0 Å². The number of rotatable bonds is 1. The molecule has 1 saturated heterocycles.